The number of hydrogen-bond donors (Lipinski definition) is 2. The molecule has 0 saturated heterocycles. The molecule has 3 amide bonds. The van der Waals surface area contributed by atoms with Gasteiger partial charge in [0.1, 0.15) is 6.04 Å². The van der Waals surface area contributed by atoms with Gasteiger partial charge < -0.3 is 15.5 Å². The lowest BCUT2D eigenvalue weighted by molar-refractivity contribution is -0.140. The second-order valence-electron chi connectivity index (χ2n) is 8.31. The highest BCUT2D eigenvalue weighted by Crippen LogP contribution is 2.27. The Hall–Kier alpha value is -3.15. The molecule has 3 rings (SSSR count). The maximum atomic E-state index is 13.2. The summed E-state index contributed by atoms with van der Waals surface area (Å²) in [5, 5.41) is 5.71. The van der Waals surface area contributed by atoms with Crippen molar-refractivity contribution in [2.75, 3.05) is 10.6 Å². The number of amides is 3. The average molecular weight is 408 g/mol. The maximum absolute atomic E-state index is 13.2. The molecule has 0 saturated carbocycles. The summed E-state index contributed by atoms with van der Waals surface area (Å²) in [4.78, 5) is 39.2. The van der Waals surface area contributed by atoms with Gasteiger partial charge in [0.25, 0.3) is 0 Å². The van der Waals surface area contributed by atoms with Gasteiger partial charge in [0.15, 0.2) is 0 Å². The van der Waals surface area contributed by atoms with Crippen LogP contribution in [0.15, 0.2) is 42.5 Å². The van der Waals surface area contributed by atoms with Crippen LogP contribution in [0.1, 0.15) is 43.9 Å². The second kappa shape index (κ2) is 9.11. The summed E-state index contributed by atoms with van der Waals surface area (Å²) in [7, 11) is 0. The molecular weight excluding hydrogens is 378 g/mol. The van der Waals surface area contributed by atoms with Crippen LogP contribution in [0.2, 0.25) is 0 Å². The van der Waals surface area contributed by atoms with Gasteiger partial charge >= 0.3 is 0 Å². The normalized spacial score (nSPS) is 15.5. The molecule has 0 bridgehead atoms. The van der Waals surface area contributed by atoms with Crippen molar-refractivity contribution in [3.8, 4) is 0 Å². The van der Waals surface area contributed by atoms with Crippen LogP contribution in [0.4, 0.5) is 11.4 Å². The standard InChI is InChI=1S/C24H29N3O3/c1-15(2)11-23(29)27-14-19-8-6-5-7-18(19)12-22(27)24(30)26-20-10-9-16(3)21(13-20)25-17(4)28/h5-10,13,15,22H,11-12,14H2,1-4H3,(H,25,28)(H,26,30). The third-order valence-electron chi connectivity index (χ3n) is 5.27. The van der Waals surface area contributed by atoms with Crippen molar-refractivity contribution in [3.05, 3.63) is 59.2 Å². The number of hydrogen-bond acceptors (Lipinski definition) is 3. The fourth-order valence-electron chi connectivity index (χ4n) is 3.74. The van der Waals surface area contributed by atoms with E-state index in [2.05, 4.69) is 10.6 Å². The van der Waals surface area contributed by atoms with Crippen LogP contribution in [0.5, 0.6) is 0 Å². The van der Waals surface area contributed by atoms with Crippen LogP contribution in [0.25, 0.3) is 0 Å². The van der Waals surface area contributed by atoms with E-state index >= 15 is 0 Å². The molecule has 2 aromatic rings. The molecule has 6 nitrogen and oxygen atoms in total. The molecule has 1 aliphatic heterocycles. The van der Waals surface area contributed by atoms with Crippen molar-refractivity contribution in [1.82, 2.24) is 4.90 Å². The summed E-state index contributed by atoms with van der Waals surface area (Å²) < 4.78 is 0. The van der Waals surface area contributed by atoms with Crippen molar-refractivity contribution in [1.29, 1.82) is 0 Å². The molecule has 0 spiro atoms. The van der Waals surface area contributed by atoms with Crippen LogP contribution in [-0.4, -0.2) is 28.7 Å². The lowest BCUT2D eigenvalue weighted by Gasteiger charge is -2.36. The van der Waals surface area contributed by atoms with Gasteiger partial charge in [0.05, 0.1) is 0 Å². The first-order valence-corrected chi connectivity index (χ1v) is 10.3. The van der Waals surface area contributed by atoms with Gasteiger partial charge in [-0.15, -0.1) is 0 Å². The summed E-state index contributed by atoms with van der Waals surface area (Å²) in [6.07, 6.45) is 0.888. The molecule has 1 heterocycles. The first-order valence-electron chi connectivity index (χ1n) is 10.3. The zero-order valence-corrected chi connectivity index (χ0v) is 18.0. The van der Waals surface area contributed by atoms with Crippen molar-refractivity contribution >= 4 is 29.1 Å². The minimum absolute atomic E-state index is 0.0116. The fraction of sp³-hybridized carbons (Fsp3) is 0.375. The summed E-state index contributed by atoms with van der Waals surface area (Å²) in [5.41, 5.74) is 4.33. The molecule has 1 unspecified atom stereocenters. The Morgan fingerprint density at radius 1 is 1.07 bits per heavy atom. The predicted molar refractivity (Wildman–Crippen MR) is 118 cm³/mol. The first-order chi connectivity index (χ1) is 14.2. The van der Waals surface area contributed by atoms with E-state index in [9.17, 15) is 14.4 Å². The Bertz CT molecular complexity index is 968. The second-order valence-corrected chi connectivity index (χ2v) is 8.31. The first kappa shape index (κ1) is 21.6. The van der Waals surface area contributed by atoms with Crippen molar-refractivity contribution in [3.63, 3.8) is 0 Å². The number of anilines is 2. The lowest BCUT2D eigenvalue weighted by Crippen LogP contribution is -2.50. The van der Waals surface area contributed by atoms with Crippen molar-refractivity contribution < 1.29 is 14.4 Å². The van der Waals surface area contributed by atoms with E-state index in [-0.39, 0.29) is 23.6 Å². The van der Waals surface area contributed by atoms with Crippen molar-refractivity contribution in [2.45, 2.75) is 53.1 Å². The van der Waals surface area contributed by atoms with Gasteiger partial charge in [-0.1, -0.05) is 44.2 Å². The van der Waals surface area contributed by atoms with Gasteiger partial charge in [-0.3, -0.25) is 14.4 Å². The summed E-state index contributed by atoms with van der Waals surface area (Å²) >= 11 is 0. The van der Waals surface area contributed by atoms with E-state index in [4.69, 9.17) is 0 Å². The summed E-state index contributed by atoms with van der Waals surface area (Å²) in [5.74, 6) is -0.187. The Kier molecular flexibility index (Phi) is 6.55. The maximum Gasteiger partial charge on any atom is 0.247 e. The third kappa shape index (κ3) is 5.06. The number of benzene rings is 2. The molecule has 1 aliphatic rings. The monoisotopic (exact) mass is 407 g/mol. The van der Waals surface area contributed by atoms with Gasteiger partial charge in [0, 0.05) is 37.7 Å². The van der Waals surface area contributed by atoms with Crippen molar-refractivity contribution in [2.24, 2.45) is 5.92 Å². The van der Waals surface area contributed by atoms with Gasteiger partial charge in [-0.2, -0.15) is 0 Å². The fourth-order valence-corrected chi connectivity index (χ4v) is 3.74. The summed E-state index contributed by atoms with van der Waals surface area (Å²) in [6.45, 7) is 7.77. The van der Waals surface area contributed by atoms with Crippen LogP contribution < -0.4 is 10.6 Å². The van der Waals surface area contributed by atoms with E-state index in [0.29, 0.717) is 30.8 Å². The molecule has 158 valence electrons. The number of nitrogens with zero attached hydrogens (tertiary/aromatic N) is 1. The lowest BCUT2D eigenvalue weighted by atomic mass is 9.92. The molecule has 2 N–H and O–H groups in total. The highest BCUT2D eigenvalue weighted by Gasteiger charge is 2.34. The highest BCUT2D eigenvalue weighted by atomic mass is 16.2. The zero-order chi connectivity index (χ0) is 21.8. The van der Waals surface area contributed by atoms with E-state index in [1.807, 2.05) is 51.1 Å². The number of nitrogens with one attached hydrogen (secondary N) is 2. The number of carbonyl (C=O) groups excluding carboxylic acids is 3. The zero-order valence-electron chi connectivity index (χ0n) is 18.0. The molecule has 0 aromatic heterocycles. The predicted octanol–water partition coefficient (Wildman–Crippen LogP) is 3.89. The highest BCUT2D eigenvalue weighted by molar-refractivity contribution is 5.98. The molecular formula is C24H29N3O3. The molecule has 30 heavy (non-hydrogen) atoms. The van der Waals surface area contributed by atoms with Crippen LogP contribution >= 0.6 is 0 Å². The molecule has 0 fully saturated rings. The average Bonchev–Trinajstić information content (AvgIpc) is 2.68. The number of carbonyl (C=O) groups is 3. The Morgan fingerprint density at radius 2 is 1.77 bits per heavy atom. The molecule has 6 heteroatoms. The third-order valence-corrected chi connectivity index (χ3v) is 5.27. The number of aryl methyl sites for hydroxylation is 1. The summed E-state index contributed by atoms with van der Waals surface area (Å²) in [6, 6.07) is 12.8. The largest absolute Gasteiger partial charge is 0.326 e. The van der Waals surface area contributed by atoms with Gasteiger partial charge in [-0.05, 0) is 41.7 Å². The smallest absolute Gasteiger partial charge is 0.247 e. The number of fused-ring (bicyclic) bond motifs is 1. The Morgan fingerprint density at radius 3 is 2.43 bits per heavy atom. The molecule has 0 radical (unpaired) electrons. The molecule has 0 aliphatic carbocycles. The van der Waals surface area contributed by atoms with E-state index in [1.165, 1.54) is 6.92 Å². The van der Waals surface area contributed by atoms with Crippen LogP contribution in [0.3, 0.4) is 0 Å². The van der Waals surface area contributed by atoms with Gasteiger partial charge in [0.2, 0.25) is 17.7 Å². The van der Waals surface area contributed by atoms with Gasteiger partial charge in [-0.25, -0.2) is 0 Å². The molecule has 2 aromatic carbocycles. The van der Waals surface area contributed by atoms with E-state index in [1.54, 1.807) is 17.0 Å². The topological polar surface area (TPSA) is 78.5 Å². The van der Waals surface area contributed by atoms with E-state index < -0.39 is 6.04 Å². The molecule has 1 atom stereocenters. The van der Waals surface area contributed by atoms with Crippen LogP contribution in [0, 0.1) is 12.8 Å². The number of rotatable bonds is 5. The van der Waals surface area contributed by atoms with E-state index in [0.717, 1.165) is 16.7 Å². The minimum atomic E-state index is -0.573. The Labute approximate surface area is 177 Å². The Balaban J connectivity index is 1.84. The minimum Gasteiger partial charge on any atom is -0.326 e. The quantitative estimate of drug-likeness (QED) is 0.789. The SMILES string of the molecule is CC(=O)Nc1cc(NC(=O)C2Cc3ccccc3CN2C(=O)CC(C)C)ccc1C. The van der Waals surface area contributed by atoms with Crippen LogP contribution in [-0.2, 0) is 27.3 Å².